The van der Waals surface area contributed by atoms with Gasteiger partial charge >= 0.3 is 17.9 Å². The summed E-state index contributed by atoms with van der Waals surface area (Å²) in [5.41, 5.74) is -1.86. The van der Waals surface area contributed by atoms with Crippen LogP contribution in [0.1, 0.15) is 23.6 Å². The third-order valence-electron chi connectivity index (χ3n) is 5.85. The Hall–Kier alpha value is -4.62. The standard InChI is InChI=1S/C27H18Cl2F3N3O7/c1-3-41-22-10-14(8-17-24(36)33-26(38)34(25(17)37)19-12-16(28)6-4-13(19)2)9-18(29)23(22)42-21-7-5-15(27(30,31)32)11-20(21)35(39)40/h4-12H,3H2,1-2H3,(H,33,36,38)/b17-8+. The van der Waals surface area contributed by atoms with Gasteiger partial charge in [-0.2, -0.15) is 13.2 Å². The lowest BCUT2D eigenvalue weighted by Crippen LogP contribution is -2.54. The van der Waals surface area contributed by atoms with E-state index in [0.717, 1.165) is 17.0 Å². The number of carbonyl (C=O) groups is 3. The first-order valence-electron chi connectivity index (χ1n) is 11.9. The van der Waals surface area contributed by atoms with E-state index in [9.17, 15) is 37.7 Å². The second-order valence-corrected chi connectivity index (χ2v) is 9.53. The molecule has 0 bridgehead atoms. The summed E-state index contributed by atoms with van der Waals surface area (Å²) in [6.07, 6.45) is -3.70. The highest BCUT2D eigenvalue weighted by Gasteiger charge is 2.38. The highest BCUT2D eigenvalue weighted by molar-refractivity contribution is 6.40. The molecule has 4 rings (SSSR count). The number of nitrogens with one attached hydrogen (secondary N) is 1. The van der Waals surface area contributed by atoms with Crippen molar-refractivity contribution in [2.75, 3.05) is 11.5 Å². The summed E-state index contributed by atoms with van der Waals surface area (Å²) < 4.78 is 50.4. The Kier molecular flexibility index (Phi) is 8.45. The zero-order chi connectivity index (χ0) is 30.9. The maximum Gasteiger partial charge on any atom is 0.416 e. The van der Waals surface area contributed by atoms with E-state index in [1.54, 1.807) is 26.0 Å². The van der Waals surface area contributed by atoms with Crippen molar-refractivity contribution < 1.29 is 42.0 Å². The van der Waals surface area contributed by atoms with Crippen LogP contribution in [0.5, 0.6) is 17.2 Å². The molecule has 4 amide bonds. The molecule has 3 aromatic carbocycles. The molecule has 0 aromatic heterocycles. The summed E-state index contributed by atoms with van der Waals surface area (Å²) in [7, 11) is 0. The van der Waals surface area contributed by atoms with E-state index in [-0.39, 0.29) is 39.4 Å². The second kappa shape index (κ2) is 11.7. The molecule has 1 aliphatic rings. The SMILES string of the molecule is CCOc1cc(/C=C2\C(=O)NC(=O)N(c3cc(Cl)ccc3C)C2=O)cc(Cl)c1Oc1ccc(C(F)(F)F)cc1[N+](=O)[O-]. The highest BCUT2D eigenvalue weighted by Crippen LogP contribution is 2.44. The monoisotopic (exact) mass is 623 g/mol. The van der Waals surface area contributed by atoms with Crippen LogP contribution in [0.15, 0.2) is 54.1 Å². The van der Waals surface area contributed by atoms with Crippen molar-refractivity contribution in [1.82, 2.24) is 5.32 Å². The molecule has 0 spiro atoms. The average molecular weight is 624 g/mol. The minimum Gasteiger partial charge on any atom is -0.490 e. The Morgan fingerprint density at radius 2 is 1.76 bits per heavy atom. The summed E-state index contributed by atoms with van der Waals surface area (Å²) >= 11 is 12.4. The number of nitrogens with zero attached hydrogens (tertiary/aromatic N) is 2. The van der Waals surface area contributed by atoms with Crippen LogP contribution in [0.3, 0.4) is 0 Å². The zero-order valence-electron chi connectivity index (χ0n) is 21.5. The van der Waals surface area contributed by atoms with Gasteiger partial charge in [-0.15, -0.1) is 0 Å². The number of alkyl halides is 3. The number of aryl methyl sites for hydroxylation is 1. The largest absolute Gasteiger partial charge is 0.490 e. The van der Waals surface area contributed by atoms with Crippen LogP contribution in [0.2, 0.25) is 10.0 Å². The second-order valence-electron chi connectivity index (χ2n) is 8.69. The molecule has 1 heterocycles. The Morgan fingerprint density at radius 3 is 2.40 bits per heavy atom. The molecular formula is C27H18Cl2F3N3O7. The molecule has 1 fully saturated rings. The van der Waals surface area contributed by atoms with Crippen LogP contribution in [0, 0.1) is 17.0 Å². The lowest BCUT2D eigenvalue weighted by atomic mass is 10.1. The third kappa shape index (κ3) is 6.16. The maximum absolute atomic E-state index is 13.3. The van der Waals surface area contributed by atoms with Crippen LogP contribution in [0.25, 0.3) is 6.08 Å². The number of urea groups is 1. The molecule has 0 unspecified atom stereocenters. The molecule has 0 atom stereocenters. The molecule has 0 aliphatic carbocycles. The summed E-state index contributed by atoms with van der Waals surface area (Å²) in [6.45, 7) is 3.27. The number of nitro groups is 1. The van der Waals surface area contributed by atoms with Crippen molar-refractivity contribution in [3.8, 4) is 17.2 Å². The molecule has 1 N–H and O–H groups in total. The van der Waals surface area contributed by atoms with E-state index in [4.69, 9.17) is 32.7 Å². The number of imide groups is 2. The van der Waals surface area contributed by atoms with Gasteiger partial charge in [0.15, 0.2) is 11.5 Å². The van der Waals surface area contributed by atoms with Gasteiger partial charge in [-0.25, -0.2) is 9.69 Å². The topological polar surface area (TPSA) is 128 Å². The first-order chi connectivity index (χ1) is 19.7. The van der Waals surface area contributed by atoms with Gasteiger partial charge in [0.25, 0.3) is 11.8 Å². The van der Waals surface area contributed by atoms with Crippen LogP contribution in [-0.2, 0) is 15.8 Å². The fourth-order valence-corrected chi connectivity index (χ4v) is 4.36. The predicted octanol–water partition coefficient (Wildman–Crippen LogP) is 7.09. The van der Waals surface area contributed by atoms with Gasteiger partial charge in [-0.05, 0) is 67.4 Å². The molecule has 0 radical (unpaired) electrons. The minimum atomic E-state index is -4.83. The number of anilines is 1. The average Bonchev–Trinajstić information content (AvgIpc) is 2.90. The van der Waals surface area contributed by atoms with E-state index in [0.29, 0.717) is 17.7 Å². The van der Waals surface area contributed by atoms with Gasteiger partial charge in [-0.1, -0.05) is 29.3 Å². The van der Waals surface area contributed by atoms with Gasteiger partial charge in [0, 0.05) is 11.1 Å². The van der Waals surface area contributed by atoms with Crippen molar-refractivity contribution in [3.05, 3.63) is 91.0 Å². The smallest absolute Gasteiger partial charge is 0.416 e. The van der Waals surface area contributed by atoms with Crippen molar-refractivity contribution in [1.29, 1.82) is 0 Å². The summed E-state index contributed by atoms with van der Waals surface area (Å²) in [5.74, 6) is -2.86. The quantitative estimate of drug-likeness (QED) is 0.129. The lowest BCUT2D eigenvalue weighted by Gasteiger charge is -2.27. The molecule has 15 heteroatoms. The Labute approximate surface area is 245 Å². The molecule has 218 valence electrons. The molecule has 10 nitrogen and oxygen atoms in total. The first kappa shape index (κ1) is 30.3. The Morgan fingerprint density at radius 1 is 1.05 bits per heavy atom. The first-order valence-corrected chi connectivity index (χ1v) is 12.6. The molecular weight excluding hydrogens is 606 g/mol. The van der Waals surface area contributed by atoms with Gasteiger partial charge in [0.05, 0.1) is 27.8 Å². The van der Waals surface area contributed by atoms with Crippen LogP contribution < -0.4 is 19.7 Å². The van der Waals surface area contributed by atoms with E-state index in [1.165, 1.54) is 18.2 Å². The predicted molar refractivity (Wildman–Crippen MR) is 146 cm³/mol. The number of carbonyl (C=O) groups excluding carboxylic acids is 3. The maximum atomic E-state index is 13.3. The fourth-order valence-electron chi connectivity index (χ4n) is 3.93. The number of benzene rings is 3. The summed E-state index contributed by atoms with van der Waals surface area (Å²) in [6, 6.07) is 7.79. The van der Waals surface area contributed by atoms with Crippen LogP contribution in [0.4, 0.5) is 29.3 Å². The molecule has 3 aromatic rings. The molecule has 1 aliphatic heterocycles. The number of ether oxygens (including phenoxy) is 2. The van der Waals surface area contributed by atoms with Gasteiger partial charge in [0.2, 0.25) is 5.75 Å². The minimum absolute atomic E-state index is 0.0392. The summed E-state index contributed by atoms with van der Waals surface area (Å²) in [4.78, 5) is 49.7. The van der Waals surface area contributed by atoms with Gasteiger partial charge < -0.3 is 9.47 Å². The normalized spacial score (nSPS) is 14.7. The zero-order valence-corrected chi connectivity index (χ0v) is 23.1. The van der Waals surface area contributed by atoms with Gasteiger partial charge in [0.1, 0.15) is 5.57 Å². The van der Waals surface area contributed by atoms with Crippen molar-refractivity contribution in [2.24, 2.45) is 0 Å². The number of hydrogen-bond donors (Lipinski definition) is 1. The number of amides is 4. The van der Waals surface area contributed by atoms with Crippen molar-refractivity contribution >= 4 is 58.5 Å². The number of barbiturate groups is 1. The summed E-state index contributed by atoms with van der Waals surface area (Å²) in [5, 5.41) is 13.6. The molecule has 0 saturated carbocycles. The number of hydrogen-bond acceptors (Lipinski definition) is 7. The van der Waals surface area contributed by atoms with Crippen LogP contribution in [-0.4, -0.2) is 29.4 Å². The fraction of sp³-hybridized carbons (Fsp3) is 0.148. The van der Waals surface area contributed by atoms with E-state index >= 15 is 0 Å². The number of nitro benzene ring substituents is 1. The number of rotatable bonds is 7. The van der Waals surface area contributed by atoms with Crippen molar-refractivity contribution in [2.45, 2.75) is 20.0 Å². The molecule has 42 heavy (non-hydrogen) atoms. The number of halogens is 5. The lowest BCUT2D eigenvalue weighted by molar-refractivity contribution is -0.385. The van der Waals surface area contributed by atoms with Crippen LogP contribution >= 0.6 is 23.2 Å². The van der Waals surface area contributed by atoms with E-state index < -0.39 is 51.5 Å². The Balaban J connectivity index is 1.76. The highest BCUT2D eigenvalue weighted by atomic mass is 35.5. The van der Waals surface area contributed by atoms with E-state index in [1.807, 2.05) is 0 Å². The van der Waals surface area contributed by atoms with Gasteiger partial charge in [-0.3, -0.25) is 25.0 Å². The van der Waals surface area contributed by atoms with E-state index in [2.05, 4.69) is 5.32 Å². The van der Waals surface area contributed by atoms with Crippen molar-refractivity contribution in [3.63, 3.8) is 0 Å². The Bertz CT molecular complexity index is 1680. The third-order valence-corrected chi connectivity index (χ3v) is 6.37. The molecule has 1 saturated heterocycles.